The molecule has 0 bridgehead atoms. The molecular formula is C15H29FN2. The molecule has 1 saturated heterocycles. The van der Waals surface area contributed by atoms with Gasteiger partial charge in [0.05, 0.1) is 0 Å². The van der Waals surface area contributed by atoms with E-state index in [1.54, 1.807) is 0 Å². The van der Waals surface area contributed by atoms with Gasteiger partial charge in [0.25, 0.3) is 0 Å². The average molecular weight is 256 g/mol. The SMILES string of the molecule is CNC[C@H](CC1CCC(F)CC1)N1CCCCC1. The highest BCUT2D eigenvalue weighted by Crippen LogP contribution is 2.30. The fraction of sp³-hybridized carbons (Fsp3) is 1.00. The van der Waals surface area contributed by atoms with Crippen LogP contribution in [0.4, 0.5) is 4.39 Å². The Morgan fingerprint density at radius 3 is 2.39 bits per heavy atom. The summed E-state index contributed by atoms with van der Waals surface area (Å²) < 4.78 is 13.2. The maximum atomic E-state index is 13.2. The lowest BCUT2D eigenvalue weighted by Crippen LogP contribution is -2.45. The van der Waals surface area contributed by atoms with Gasteiger partial charge in [0.15, 0.2) is 0 Å². The van der Waals surface area contributed by atoms with E-state index in [1.807, 2.05) is 0 Å². The molecule has 1 saturated carbocycles. The Morgan fingerprint density at radius 2 is 1.78 bits per heavy atom. The smallest absolute Gasteiger partial charge is 0.100 e. The quantitative estimate of drug-likeness (QED) is 0.813. The van der Waals surface area contributed by atoms with Crippen LogP contribution in [0.15, 0.2) is 0 Å². The van der Waals surface area contributed by atoms with Crippen molar-refractivity contribution in [3.8, 4) is 0 Å². The van der Waals surface area contributed by atoms with Crippen molar-refractivity contribution in [2.75, 3.05) is 26.7 Å². The lowest BCUT2D eigenvalue weighted by molar-refractivity contribution is 0.119. The van der Waals surface area contributed by atoms with Crippen molar-refractivity contribution in [3.05, 3.63) is 0 Å². The number of nitrogens with zero attached hydrogens (tertiary/aromatic N) is 1. The van der Waals surface area contributed by atoms with Gasteiger partial charge in [-0.05, 0) is 71.0 Å². The Bertz CT molecular complexity index is 221. The standard InChI is InChI=1S/C15H29FN2/c1-17-12-15(18-9-3-2-4-10-18)11-13-5-7-14(16)8-6-13/h13-15,17H,2-12H2,1H3/t13?,14?,15-/m0/s1. The summed E-state index contributed by atoms with van der Waals surface area (Å²) in [5.41, 5.74) is 0. The number of likely N-dealkylation sites (tertiary alicyclic amines) is 1. The first-order valence-electron chi connectivity index (χ1n) is 7.82. The molecule has 1 N–H and O–H groups in total. The van der Waals surface area contributed by atoms with Crippen LogP contribution in [0.25, 0.3) is 0 Å². The summed E-state index contributed by atoms with van der Waals surface area (Å²) in [5, 5.41) is 3.35. The van der Waals surface area contributed by atoms with E-state index in [0.29, 0.717) is 6.04 Å². The Balaban J connectivity index is 1.81. The number of nitrogens with one attached hydrogen (secondary N) is 1. The molecule has 106 valence electrons. The molecule has 0 aromatic rings. The maximum absolute atomic E-state index is 13.2. The number of likely N-dealkylation sites (N-methyl/N-ethyl adjacent to an activating group) is 1. The second kappa shape index (κ2) is 7.44. The first-order valence-corrected chi connectivity index (χ1v) is 7.82. The number of halogens is 1. The van der Waals surface area contributed by atoms with Gasteiger partial charge in [0.1, 0.15) is 6.17 Å². The zero-order valence-corrected chi connectivity index (χ0v) is 11.8. The minimum absolute atomic E-state index is 0.515. The van der Waals surface area contributed by atoms with Crippen LogP contribution in [0.3, 0.4) is 0 Å². The number of piperidine rings is 1. The summed E-state index contributed by atoms with van der Waals surface area (Å²) >= 11 is 0. The van der Waals surface area contributed by atoms with Crippen molar-refractivity contribution in [1.82, 2.24) is 10.2 Å². The van der Waals surface area contributed by atoms with E-state index in [9.17, 15) is 4.39 Å². The lowest BCUT2D eigenvalue weighted by atomic mass is 9.83. The highest BCUT2D eigenvalue weighted by molar-refractivity contribution is 4.82. The van der Waals surface area contributed by atoms with Crippen LogP contribution in [0, 0.1) is 5.92 Å². The molecule has 0 unspecified atom stereocenters. The Kier molecular flexibility index (Phi) is 5.90. The van der Waals surface area contributed by atoms with E-state index < -0.39 is 6.17 Å². The van der Waals surface area contributed by atoms with Gasteiger partial charge in [-0.2, -0.15) is 0 Å². The van der Waals surface area contributed by atoms with E-state index >= 15 is 0 Å². The third-order valence-corrected chi connectivity index (χ3v) is 4.73. The molecule has 2 aliphatic rings. The van der Waals surface area contributed by atoms with E-state index in [0.717, 1.165) is 38.1 Å². The summed E-state index contributed by atoms with van der Waals surface area (Å²) in [6.45, 7) is 3.63. The molecule has 1 aliphatic heterocycles. The Hall–Kier alpha value is -0.150. The minimum atomic E-state index is -0.515. The average Bonchev–Trinajstić information content (AvgIpc) is 2.42. The largest absolute Gasteiger partial charge is 0.318 e. The lowest BCUT2D eigenvalue weighted by Gasteiger charge is -2.37. The van der Waals surface area contributed by atoms with Crippen molar-refractivity contribution in [2.45, 2.75) is 63.6 Å². The van der Waals surface area contributed by atoms with E-state index in [1.165, 1.54) is 38.8 Å². The molecule has 0 radical (unpaired) electrons. The zero-order valence-electron chi connectivity index (χ0n) is 11.8. The van der Waals surface area contributed by atoms with Gasteiger partial charge >= 0.3 is 0 Å². The topological polar surface area (TPSA) is 15.3 Å². The van der Waals surface area contributed by atoms with Crippen LogP contribution in [-0.2, 0) is 0 Å². The summed E-state index contributed by atoms with van der Waals surface area (Å²) in [6, 6.07) is 0.677. The van der Waals surface area contributed by atoms with Crippen molar-refractivity contribution in [1.29, 1.82) is 0 Å². The number of hydrogen-bond acceptors (Lipinski definition) is 2. The molecule has 3 heteroatoms. The second-order valence-electron chi connectivity index (χ2n) is 6.16. The summed E-state index contributed by atoms with van der Waals surface area (Å²) in [6.07, 6.45) is 8.69. The van der Waals surface area contributed by atoms with Gasteiger partial charge < -0.3 is 5.32 Å². The van der Waals surface area contributed by atoms with Crippen molar-refractivity contribution in [2.24, 2.45) is 5.92 Å². The fourth-order valence-corrected chi connectivity index (χ4v) is 3.62. The van der Waals surface area contributed by atoms with Gasteiger partial charge in [0, 0.05) is 12.6 Å². The second-order valence-corrected chi connectivity index (χ2v) is 6.16. The molecule has 2 fully saturated rings. The molecule has 2 nitrogen and oxygen atoms in total. The predicted octanol–water partition coefficient (Wildman–Crippen LogP) is 2.98. The van der Waals surface area contributed by atoms with Crippen LogP contribution in [-0.4, -0.2) is 43.8 Å². The minimum Gasteiger partial charge on any atom is -0.318 e. The summed E-state index contributed by atoms with van der Waals surface area (Å²) in [5.74, 6) is 0.761. The summed E-state index contributed by atoms with van der Waals surface area (Å²) in [4.78, 5) is 2.67. The number of hydrogen-bond donors (Lipinski definition) is 1. The third-order valence-electron chi connectivity index (χ3n) is 4.73. The van der Waals surface area contributed by atoms with Gasteiger partial charge in [-0.1, -0.05) is 6.42 Å². The van der Waals surface area contributed by atoms with Crippen LogP contribution < -0.4 is 5.32 Å². The summed E-state index contributed by atoms with van der Waals surface area (Å²) in [7, 11) is 2.05. The van der Waals surface area contributed by atoms with Crippen molar-refractivity contribution >= 4 is 0 Å². The highest BCUT2D eigenvalue weighted by atomic mass is 19.1. The molecule has 0 amide bonds. The monoisotopic (exact) mass is 256 g/mol. The molecule has 0 spiro atoms. The number of rotatable bonds is 5. The third kappa shape index (κ3) is 4.20. The molecule has 2 rings (SSSR count). The molecule has 1 heterocycles. The van der Waals surface area contributed by atoms with Crippen LogP contribution in [0.2, 0.25) is 0 Å². The highest BCUT2D eigenvalue weighted by Gasteiger charge is 2.26. The maximum Gasteiger partial charge on any atom is 0.100 e. The van der Waals surface area contributed by atoms with Crippen LogP contribution in [0.5, 0.6) is 0 Å². The van der Waals surface area contributed by atoms with E-state index in [4.69, 9.17) is 0 Å². The molecule has 18 heavy (non-hydrogen) atoms. The Labute approximate surface area is 111 Å². The normalized spacial score (nSPS) is 32.3. The molecular weight excluding hydrogens is 227 g/mol. The molecule has 0 aromatic carbocycles. The predicted molar refractivity (Wildman–Crippen MR) is 74.6 cm³/mol. The van der Waals surface area contributed by atoms with E-state index in [2.05, 4.69) is 17.3 Å². The van der Waals surface area contributed by atoms with Gasteiger partial charge in [0.2, 0.25) is 0 Å². The molecule has 0 aromatic heterocycles. The van der Waals surface area contributed by atoms with Gasteiger partial charge in [-0.25, -0.2) is 4.39 Å². The fourth-order valence-electron chi connectivity index (χ4n) is 3.62. The number of alkyl halides is 1. The zero-order chi connectivity index (χ0) is 12.8. The van der Waals surface area contributed by atoms with Crippen molar-refractivity contribution < 1.29 is 4.39 Å². The first kappa shape index (κ1) is 14.3. The molecule has 1 atom stereocenters. The van der Waals surface area contributed by atoms with Crippen LogP contribution >= 0.6 is 0 Å². The first-order chi connectivity index (χ1) is 8.79. The van der Waals surface area contributed by atoms with E-state index in [-0.39, 0.29) is 0 Å². The van der Waals surface area contributed by atoms with Gasteiger partial charge in [-0.3, -0.25) is 4.90 Å². The molecule has 1 aliphatic carbocycles. The van der Waals surface area contributed by atoms with Gasteiger partial charge in [-0.15, -0.1) is 0 Å². The van der Waals surface area contributed by atoms with Crippen LogP contribution in [0.1, 0.15) is 51.4 Å². The van der Waals surface area contributed by atoms with Crippen molar-refractivity contribution in [3.63, 3.8) is 0 Å². The Morgan fingerprint density at radius 1 is 1.11 bits per heavy atom.